The van der Waals surface area contributed by atoms with Crippen molar-refractivity contribution in [2.24, 2.45) is 4.99 Å². The molecule has 0 saturated carbocycles. The van der Waals surface area contributed by atoms with Crippen LogP contribution in [-0.2, 0) is 0 Å². The Balaban J connectivity index is 0.000000151. The molecular formula is C13H20N2. The molecule has 0 bridgehead atoms. The van der Waals surface area contributed by atoms with E-state index in [1.165, 1.54) is 5.56 Å². The Bertz CT molecular complexity index is 291. The quantitative estimate of drug-likeness (QED) is 0.686. The summed E-state index contributed by atoms with van der Waals surface area (Å²) in [6, 6.07) is 10.9. The second-order valence-corrected chi connectivity index (χ2v) is 4.01. The molecule has 0 aromatic heterocycles. The van der Waals surface area contributed by atoms with Gasteiger partial charge in [0.15, 0.2) is 0 Å². The summed E-state index contributed by atoms with van der Waals surface area (Å²) >= 11 is 0. The second kappa shape index (κ2) is 6.23. The van der Waals surface area contributed by atoms with Gasteiger partial charge in [-0.25, -0.2) is 0 Å². The van der Waals surface area contributed by atoms with E-state index in [4.69, 9.17) is 0 Å². The predicted molar refractivity (Wildman–Crippen MR) is 66.4 cm³/mol. The lowest BCUT2D eigenvalue weighted by atomic mass is 10.2. The molecule has 0 fully saturated rings. The maximum atomic E-state index is 4.09. The molecule has 2 nitrogen and oxygen atoms in total. The van der Waals surface area contributed by atoms with Crippen LogP contribution in [0, 0.1) is 6.92 Å². The molecule has 15 heavy (non-hydrogen) atoms. The van der Waals surface area contributed by atoms with Crippen LogP contribution in [0.4, 0.5) is 0 Å². The fraction of sp³-hybridized carbons (Fsp3) is 0.462. The lowest BCUT2D eigenvalue weighted by molar-refractivity contribution is 0.390. The average molecular weight is 204 g/mol. The molecule has 0 atom stereocenters. The third-order valence-corrected chi connectivity index (χ3v) is 2.32. The topological polar surface area (TPSA) is 15.6 Å². The highest BCUT2D eigenvalue weighted by Gasteiger charge is 2.06. The van der Waals surface area contributed by atoms with Crippen molar-refractivity contribution in [2.75, 3.05) is 13.1 Å². The molecule has 0 spiro atoms. The zero-order valence-corrected chi connectivity index (χ0v) is 9.85. The van der Waals surface area contributed by atoms with Crippen molar-refractivity contribution in [3.8, 4) is 0 Å². The van der Waals surface area contributed by atoms with Crippen molar-refractivity contribution in [3.05, 3.63) is 35.9 Å². The van der Waals surface area contributed by atoms with Gasteiger partial charge < -0.3 is 4.90 Å². The Hall–Kier alpha value is -1.31. The van der Waals surface area contributed by atoms with Crippen LogP contribution >= 0.6 is 0 Å². The molecule has 1 heterocycles. The molecule has 1 aliphatic rings. The second-order valence-electron chi connectivity index (χ2n) is 4.01. The van der Waals surface area contributed by atoms with E-state index < -0.39 is 0 Å². The van der Waals surface area contributed by atoms with Crippen molar-refractivity contribution in [1.29, 1.82) is 0 Å². The Morgan fingerprint density at radius 2 is 1.87 bits per heavy atom. The predicted octanol–water partition coefficient (Wildman–Crippen LogP) is 2.73. The molecule has 2 rings (SSSR count). The summed E-state index contributed by atoms with van der Waals surface area (Å²) in [6.45, 7) is 8.53. The number of nitrogens with zero attached hydrogens (tertiary/aromatic N) is 2. The normalized spacial score (nSPS) is 14.0. The van der Waals surface area contributed by atoms with E-state index in [9.17, 15) is 0 Å². The van der Waals surface area contributed by atoms with Crippen molar-refractivity contribution in [1.82, 2.24) is 4.90 Å². The summed E-state index contributed by atoms with van der Waals surface area (Å²) in [5, 5.41) is 0. The van der Waals surface area contributed by atoms with Crippen LogP contribution < -0.4 is 0 Å². The summed E-state index contributed by atoms with van der Waals surface area (Å²) < 4.78 is 0. The zero-order chi connectivity index (χ0) is 11.1. The van der Waals surface area contributed by atoms with E-state index in [0.717, 1.165) is 13.1 Å². The van der Waals surface area contributed by atoms with Crippen LogP contribution in [0.5, 0.6) is 0 Å². The van der Waals surface area contributed by atoms with E-state index in [1.807, 2.05) is 24.5 Å². The highest BCUT2D eigenvalue weighted by atomic mass is 15.2. The molecule has 82 valence electrons. The lowest BCUT2D eigenvalue weighted by Crippen LogP contribution is -2.27. The lowest BCUT2D eigenvalue weighted by Gasteiger charge is -2.17. The van der Waals surface area contributed by atoms with Gasteiger partial charge in [-0.3, -0.25) is 4.99 Å². The summed E-state index contributed by atoms with van der Waals surface area (Å²) in [4.78, 5) is 6.32. The molecular weight excluding hydrogens is 184 g/mol. The zero-order valence-electron chi connectivity index (χ0n) is 9.85. The first-order valence-corrected chi connectivity index (χ1v) is 5.47. The van der Waals surface area contributed by atoms with Gasteiger partial charge >= 0.3 is 0 Å². The minimum atomic E-state index is 0.626. The number of rotatable bonds is 1. The minimum Gasteiger partial charge on any atom is -0.359 e. The van der Waals surface area contributed by atoms with Crippen molar-refractivity contribution < 1.29 is 0 Å². The Labute approximate surface area is 92.6 Å². The first kappa shape index (κ1) is 11.8. The van der Waals surface area contributed by atoms with Gasteiger partial charge in [0, 0.05) is 12.6 Å². The first-order chi connectivity index (χ1) is 7.20. The maximum Gasteiger partial charge on any atom is 0.0853 e. The third-order valence-electron chi connectivity index (χ3n) is 2.32. The van der Waals surface area contributed by atoms with Crippen LogP contribution in [0.15, 0.2) is 35.3 Å². The third kappa shape index (κ3) is 4.63. The van der Waals surface area contributed by atoms with E-state index >= 15 is 0 Å². The molecule has 2 heteroatoms. The minimum absolute atomic E-state index is 0.626. The highest BCUT2D eigenvalue weighted by molar-refractivity contribution is 5.57. The molecule has 1 aromatic rings. The van der Waals surface area contributed by atoms with Gasteiger partial charge in [-0.2, -0.15) is 0 Å². The highest BCUT2D eigenvalue weighted by Crippen LogP contribution is 1.98. The van der Waals surface area contributed by atoms with Crippen molar-refractivity contribution in [2.45, 2.75) is 26.8 Å². The summed E-state index contributed by atoms with van der Waals surface area (Å²) in [5.41, 5.74) is 1.32. The van der Waals surface area contributed by atoms with E-state index in [2.05, 4.69) is 42.8 Å². The fourth-order valence-corrected chi connectivity index (χ4v) is 1.32. The molecule has 0 unspecified atom stereocenters. The number of benzene rings is 1. The summed E-state index contributed by atoms with van der Waals surface area (Å²) in [7, 11) is 0. The van der Waals surface area contributed by atoms with Crippen LogP contribution in [0.25, 0.3) is 0 Å². The molecule has 0 saturated heterocycles. The van der Waals surface area contributed by atoms with E-state index in [-0.39, 0.29) is 0 Å². The van der Waals surface area contributed by atoms with Gasteiger partial charge in [-0.05, 0) is 20.8 Å². The van der Waals surface area contributed by atoms with E-state index in [1.54, 1.807) is 0 Å². The Morgan fingerprint density at radius 3 is 2.13 bits per heavy atom. The van der Waals surface area contributed by atoms with Gasteiger partial charge in [-0.15, -0.1) is 0 Å². The average Bonchev–Trinajstić information content (AvgIpc) is 2.72. The van der Waals surface area contributed by atoms with E-state index in [0.29, 0.717) is 6.04 Å². The molecule has 1 aromatic carbocycles. The molecule has 0 amide bonds. The number of aryl methyl sites for hydroxylation is 1. The van der Waals surface area contributed by atoms with Crippen LogP contribution in [-0.4, -0.2) is 30.4 Å². The Morgan fingerprint density at radius 1 is 1.20 bits per heavy atom. The molecule has 0 radical (unpaired) electrons. The monoisotopic (exact) mass is 204 g/mol. The van der Waals surface area contributed by atoms with Crippen LogP contribution in [0.1, 0.15) is 19.4 Å². The first-order valence-electron chi connectivity index (χ1n) is 5.47. The van der Waals surface area contributed by atoms with Crippen molar-refractivity contribution in [3.63, 3.8) is 0 Å². The molecule has 1 aliphatic heterocycles. The smallest absolute Gasteiger partial charge is 0.0853 e. The van der Waals surface area contributed by atoms with Gasteiger partial charge in [0.25, 0.3) is 0 Å². The number of aliphatic imine (C=N–C) groups is 1. The van der Waals surface area contributed by atoms with Gasteiger partial charge in [0.05, 0.1) is 12.9 Å². The maximum absolute atomic E-state index is 4.09. The summed E-state index contributed by atoms with van der Waals surface area (Å²) in [5.74, 6) is 0. The van der Waals surface area contributed by atoms with Crippen LogP contribution in [0.2, 0.25) is 0 Å². The summed E-state index contributed by atoms with van der Waals surface area (Å²) in [6.07, 6.45) is 1.94. The van der Waals surface area contributed by atoms with Gasteiger partial charge in [-0.1, -0.05) is 35.9 Å². The Kier molecular flexibility index (Phi) is 4.88. The largest absolute Gasteiger partial charge is 0.359 e. The molecule has 0 aliphatic carbocycles. The van der Waals surface area contributed by atoms with Crippen molar-refractivity contribution >= 4 is 6.34 Å². The molecule has 0 N–H and O–H groups in total. The van der Waals surface area contributed by atoms with Crippen LogP contribution in [0.3, 0.4) is 0 Å². The van der Waals surface area contributed by atoms with Gasteiger partial charge in [0.1, 0.15) is 0 Å². The number of hydrogen-bond acceptors (Lipinski definition) is 2. The van der Waals surface area contributed by atoms with Gasteiger partial charge in [0.2, 0.25) is 0 Å². The number of hydrogen-bond donors (Lipinski definition) is 0. The fourth-order valence-electron chi connectivity index (χ4n) is 1.32. The standard InChI is InChI=1S/C7H8.C6H12N2/c1-7-5-3-2-4-6-7;1-6(2)8-4-3-7-5-8/h2-6H,1H3;5-6H,3-4H2,1-2H3. The SMILES string of the molecule is CC(C)N1C=NCC1.Cc1ccccc1.